The predicted molar refractivity (Wildman–Crippen MR) is 91.0 cm³/mol. The van der Waals surface area contributed by atoms with Gasteiger partial charge in [-0.3, -0.25) is 5.32 Å². The molecule has 1 aliphatic heterocycles. The Labute approximate surface area is 132 Å². The molecule has 0 bridgehead atoms. The predicted octanol–water partition coefficient (Wildman–Crippen LogP) is 4.91. The molecule has 2 aromatic rings. The van der Waals surface area contributed by atoms with Gasteiger partial charge in [-0.2, -0.15) is 0 Å². The van der Waals surface area contributed by atoms with E-state index in [-0.39, 0.29) is 0 Å². The van der Waals surface area contributed by atoms with Crippen molar-refractivity contribution in [3.05, 3.63) is 12.1 Å². The smallest absolute Gasteiger partial charge is 0.412 e. The zero-order valence-corrected chi connectivity index (χ0v) is 14.2. The number of rotatable bonds is 2. The molecule has 3 rings (SSSR count). The maximum atomic E-state index is 11.8. The van der Waals surface area contributed by atoms with Gasteiger partial charge in [-0.1, -0.05) is 0 Å². The van der Waals surface area contributed by atoms with Crippen molar-refractivity contribution in [2.24, 2.45) is 0 Å². The van der Waals surface area contributed by atoms with Gasteiger partial charge in [0.05, 0.1) is 10.0 Å². The van der Waals surface area contributed by atoms with E-state index in [9.17, 15) is 4.79 Å². The van der Waals surface area contributed by atoms with Gasteiger partial charge in [-0.25, -0.2) is 4.79 Å². The third kappa shape index (κ3) is 3.49. The molecule has 1 saturated heterocycles. The average molecular weight is 324 g/mol. The Balaban J connectivity index is 1.70. The Morgan fingerprint density at radius 1 is 1.19 bits per heavy atom. The molecule has 0 unspecified atom stereocenters. The minimum absolute atomic E-state index is 0.392. The average Bonchev–Trinajstić information content (AvgIpc) is 2.97. The molecule has 1 fully saturated rings. The normalized spacial score (nSPS) is 15.7. The highest BCUT2D eigenvalue weighted by molar-refractivity contribution is 7.31. The fourth-order valence-electron chi connectivity index (χ4n) is 2.38. The molecule has 1 amide bonds. The van der Waals surface area contributed by atoms with Crippen LogP contribution in [0.1, 0.15) is 33.6 Å². The Morgan fingerprint density at radius 3 is 2.48 bits per heavy atom. The topological polar surface area (TPSA) is 41.6 Å². The lowest BCUT2D eigenvalue weighted by Crippen LogP contribution is -2.26. The van der Waals surface area contributed by atoms with E-state index in [1.807, 2.05) is 26.8 Å². The van der Waals surface area contributed by atoms with Crippen LogP contribution in [0, 0.1) is 0 Å². The van der Waals surface area contributed by atoms with Gasteiger partial charge in [0.1, 0.15) is 5.60 Å². The third-order valence-corrected chi connectivity index (χ3v) is 5.51. The van der Waals surface area contributed by atoms with Crippen LogP contribution in [-0.2, 0) is 4.74 Å². The number of hydrogen-bond acceptors (Lipinski definition) is 5. The molecule has 1 N–H and O–H groups in total. The van der Waals surface area contributed by atoms with Crippen molar-refractivity contribution in [3.63, 3.8) is 0 Å². The first kappa shape index (κ1) is 14.7. The Morgan fingerprint density at radius 2 is 1.86 bits per heavy atom. The van der Waals surface area contributed by atoms with E-state index in [2.05, 4.69) is 16.3 Å². The van der Waals surface area contributed by atoms with E-state index in [0.29, 0.717) is 0 Å². The highest BCUT2D eigenvalue weighted by atomic mass is 32.1. The molecule has 0 spiro atoms. The summed E-state index contributed by atoms with van der Waals surface area (Å²) in [6.45, 7) is 7.92. The summed E-state index contributed by atoms with van der Waals surface area (Å²) in [5, 5.41) is 5.00. The molecule has 2 aromatic heterocycles. The number of ether oxygens (including phenoxy) is 1. The van der Waals surface area contributed by atoms with Gasteiger partial charge >= 0.3 is 6.09 Å². The Bertz CT molecular complexity index is 617. The minimum Gasteiger partial charge on any atom is -0.444 e. The highest BCUT2D eigenvalue weighted by Gasteiger charge is 2.19. The maximum Gasteiger partial charge on any atom is 0.412 e. The fourth-order valence-corrected chi connectivity index (χ4v) is 4.71. The number of anilines is 2. The molecule has 6 heteroatoms. The zero-order chi connectivity index (χ0) is 15.0. The first-order chi connectivity index (χ1) is 9.90. The molecular weight excluding hydrogens is 304 g/mol. The molecule has 21 heavy (non-hydrogen) atoms. The van der Waals surface area contributed by atoms with Crippen LogP contribution >= 0.6 is 22.7 Å². The van der Waals surface area contributed by atoms with Crippen LogP contribution in [0.3, 0.4) is 0 Å². The summed E-state index contributed by atoms with van der Waals surface area (Å²) in [6.07, 6.45) is 2.18. The van der Waals surface area contributed by atoms with Crippen molar-refractivity contribution in [2.45, 2.75) is 39.2 Å². The summed E-state index contributed by atoms with van der Waals surface area (Å²) in [5.41, 5.74) is -0.471. The van der Waals surface area contributed by atoms with E-state index in [0.717, 1.165) is 18.1 Å². The summed E-state index contributed by atoms with van der Waals surface area (Å²) in [4.78, 5) is 14.2. The lowest BCUT2D eigenvalue weighted by molar-refractivity contribution is 0.0636. The van der Waals surface area contributed by atoms with E-state index in [4.69, 9.17) is 4.74 Å². The van der Waals surface area contributed by atoms with E-state index >= 15 is 0 Å². The highest BCUT2D eigenvalue weighted by Crippen LogP contribution is 2.40. The summed E-state index contributed by atoms with van der Waals surface area (Å²) in [7, 11) is 0. The van der Waals surface area contributed by atoms with Gasteiger partial charge in [-0.15, -0.1) is 22.7 Å². The van der Waals surface area contributed by atoms with E-state index in [1.165, 1.54) is 27.2 Å². The molecule has 0 aromatic carbocycles. The summed E-state index contributed by atoms with van der Waals surface area (Å²) in [5.74, 6) is 0. The largest absolute Gasteiger partial charge is 0.444 e. The quantitative estimate of drug-likeness (QED) is 0.853. The first-order valence-corrected chi connectivity index (χ1v) is 8.82. The van der Waals surface area contributed by atoms with Crippen molar-refractivity contribution >= 4 is 48.2 Å². The van der Waals surface area contributed by atoms with E-state index in [1.54, 1.807) is 22.7 Å². The molecule has 0 radical (unpaired) electrons. The molecule has 1 aliphatic rings. The van der Waals surface area contributed by atoms with Crippen LogP contribution in [-0.4, -0.2) is 24.8 Å². The fraction of sp³-hybridized carbons (Fsp3) is 0.533. The number of hydrogen-bond donors (Lipinski definition) is 1. The van der Waals surface area contributed by atoms with Crippen molar-refractivity contribution < 1.29 is 9.53 Å². The van der Waals surface area contributed by atoms with Crippen molar-refractivity contribution in [1.29, 1.82) is 0 Å². The van der Waals surface area contributed by atoms with Crippen molar-refractivity contribution in [1.82, 2.24) is 0 Å². The number of thiophene rings is 2. The van der Waals surface area contributed by atoms with Crippen molar-refractivity contribution in [3.8, 4) is 0 Å². The van der Waals surface area contributed by atoms with Gasteiger partial charge in [0.2, 0.25) is 0 Å². The number of carbonyl (C=O) groups excluding carboxylic acids is 1. The monoisotopic (exact) mass is 324 g/mol. The van der Waals surface area contributed by atoms with Gasteiger partial charge in [0, 0.05) is 22.5 Å². The van der Waals surface area contributed by atoms with Crippen LogP contribution < -0.4 is 10.2 Å². The Hall–Kier alpha value is -1.27. The third-order valence-electron chi connectivity index (χ3n) is 3.24. The molecule has 0 saturated carbocycles. The second kappa shape index (κ2) is 5.50. The van der Waals surface area contributed by atoms with Crippen LogP contribution in [0.25, 0.3) is 9.40 Å². The number of amides is 1. The van der Waals surface area contributed by atoms with Crippen molar-refractivity contribution in [2.75, 3.05) is 23.3 Å². The second-order valence-electron chi connectivity index (χ2n) is 6.24. The molecule has 4 nitrogen and oxygen atoms in total. The molecule has 3 heterocycles. The van der Waals surface area contributed by atoms with Crippen LogP contribution in [0.4, 0.5) is 14.8 Å². The number of nitrogens with zero attached hydrogens (tertiary/aromatic N) is 1. The molecule has 114 valence electrons. The van der Waals surface area contributed by atoms with Gasteiger partial charge < -0.3 is 9.64 Å². The number of nitrogens with one attached hydrogen (secondary N) is 1. The molecule has 0 atom stereocenters. The zero-order valence-electron chi connectivity index (χ0n) is 12.6. The Kier molecular flexibility index (Phi) is 3.84. The minimum atomic E-state index is -0.471. The SMILES string of the molecule is CC(C)(C)OC(=O)Nc1cc2sc(N3CCCC3)cc2s1. The summed E-state index contributed by atoms with van der Waals surface area (Å²) in [6, 6.07) is 4.27. The standard InChI is InChI=1S/C15H20N2O2S2/c1-15(2,3)19-14(18)16-12-8-10-11(20-12)9-13(21-10)17-6-4-5-7-17/h8-9H,4-7H2,1-3H3,(H,16,18). The lowest BCUT2D eigenvalue weighted by atomic mass is 10.2. The van der Waals surface area contributed by atoms with Gasteiger partial charge in [0.15, 0.2) is 0 Å². The van der Waals surface area contributed by atoms with Gasteiger partial charge in [0.25, 0.3) is 0 Å². The summed E-state index contributed by atoms with van der Waals surface area (Å²) < 4.78 is 7.73. The second-order valence-corrected chi connectivity index (χ2v) is 8.39. The molecule has 0 aliphatic carbocycles. The number of fused-ring (bicyclic) bond motifs is 1. The maximum absolute atomic E-state index is 11.8. The van der Waals surface area contributed by atoms with Crippen LogP contribution in [0.5, 0.6) is 0 Å². The number of carbonyl (C=O) groups is 1. The molecular formula is C15H20N2O2S2. The van der Waals surface area contributed by atoms with Crippen LogP contribution in [0.15, 0.2) is 12.1 Å². The first-order valence-electron chi connectivity index (χ1n) is 7.19. The van der Waals surface area contributed by atoms with E-state index < -0.39 is 11.7 Å². The van der Waals surface area contributed by atoms with Gasteiger partial charge in [-0.05, 0) is 45.7 Å². The van der Waals surface area contributed by atoms with Crippen LogP contribution in [0.2, 0.25) is 0 Å². The summed E-state index contributed by atoms with van der Waals surface area (Å²) >= 11 is 3.40. The lowest BCUT2D eigenvalue weighted by Gasteiger charge is -2.19.